The van der Waals surface area contributed by atoms with Gasteiger partial charge in [-0.25, -0.2) is 0 Å². The number of amides is 1. The van der Waals surface area contributed by atoms with Gasteiger partial charge in [0.25, 0.3) is 0 Å². The van der Waals surface area contributed by atoms with Crippen LogP contribution in [-0.4, -0.2) is 27.3 Å². The summed E-state index contributed by atoms with van der Waals surface area (Å²) in [5, 5.41) is 18.3. The van der Waals surface area contributed by atoms with E-state index in [0.717, 1.165) is 18.2 Å². The zero-order valence-corrected chi connectivity index (χ0v) is 14.6. The van der Waals surface area contributed by atoms with E-state index in [9.17, 15) is 23.2 Å². The van der Waals surface area contributed by atoms with Gasteiger partial charge >= 0.3 is 6.36 Å². The lowest BCUT2D eigenvalue weighted by molar-refractivity contribution is -0.274. The maximum absolute atomic E-state index is 12.6. The summed E-state index contributed by atoms with van der Waals surface area (Å²) < 4.78 is 41.6. The molecule has 1 heterocycles. The van der Waals surface area contributed by atoms with Crippen molar-refractivity contribution in [2.45, 2.75) is 25.2 Å². The second-order valence-corrected chi connectivity index (χ2v) is 6.28. The molecule has 1 aromatic heterocycles. The number of aromatic nitrogens is 3. The van der Waals surface area contributed by atoms with E-state index in [0.29, 0.717) is 11.0 Å². The Morgan fingerprint density at radius 3 is 2.32 bits per heavy atom. The van der Waals surface area contributed by atoms with E-state index in [1.165, 1.54) is 11.7 Å². The molecule has 3 rings (SSSR count). The number of halogens is 3. The second-order valence-electron chi connectivity index (χ2n) is 6.28. The first-order valence-corrected chi connectivity index (χ1v) is 8.02. The Morgan fingerprint density at radius 2 is 1.82 bits per heavy atom. The van der Waals surface area contributed by atoms with Crippen molar-refractivity contribution in [3.63, 3.8) is 0 Å². The van der Waals surface area contributed by atoms with Crippen LogP contribution in [0.4, 0.5) is 13.2 Å². The minimum absolute atomic E-state index is 0.00870. The molecule has 1 amide bonds. The van der Waals surface area contributed by atoms with E-state index in [1.54, 1.807) is 24.3 Å². The third-order valence-electron chi connectivity index (χ3n) is 4.12. The number of carbonyl (C=O) groups is 1. The van der Waals surface area contributed by atoms with Crippen molar-refractivity contribution in [2.75, 3.05) is 0 Å². The van der Waals surface area contributed by atoms with Crippen molar-refractivity contribution in [3.05, 3.63) is 53.6 Å². The molecule has 7 nitrogen and oxygen atoms in total. The van der Waals surface area contributed by atoms with E-state index in [4.69, 9.17) is 5.73 Å². The number of nitriles is 1. The topological polar surface area (TPSA) is 107 Å². The molecule has 2 aromatic carbocycles. The molecule has 10 heteroatoms. The number of primary amides is 1. The fraction of sp³-hybridized carbons (Fsp3) is 0.222. The molecule has 0 bridgehead atoms. The Hall–Kier alpha value is -3.61. The maximum Gasteiger partial charge on any atom is 0.573 e. The largest absolute Gasteiger partial charge is 0.573 e. The Balaban J connectivity index is 2.06. The number of hydrogen-bond donors (Lipinski definition) is 1. The molecule has 0 aliphatic heterocycles. The van der Waals surface area contributed by atoms with Gasteiger partial charge in [-0.1, -0.05) is 12.1 Å². The first kappa shape index (κ1) is 19.2. The van der Waals surface area contributed by atoms with Crippen LogP contribution in [0.2, 0.25) is 0 Å². The van der Waals surface area contributed by atoms with Gasteiger partial charge in [-0.05, 0) is 42.8 Å². The Bertz CT molecular complexity index is 1050. The molecule has 0 saturated heterocycles. The highest BCUT2D eigenvalue weighted by molar-refractivity contribution is 5.95. The smallest absolute Gasteiger partial charge is 0.406 e. The molecule has 1 atom stereocenters. The summed E-state index contributed by atoms with van der Waals surface area (Å²) in [5.74, 6) is -1.44. The highest BCUT2D eigenvalue weighted by Crippen LogP contribution is 2.33. The molecule has 0 aliphatic carbocycles. The molecule has 0 spiro atoms. The van der Waals surface area contributed by atoms with Crippen LogP contribution in [0.1, 0.15) is 22.8 Å². The molecule has 144 valence electrons. The summed E-state index contributed by atoms with van der Waals surface area (Å²) in [5.41, 5.74) is 4.98. The van der Waals surface area contributed by atoms with Gasteiger partial charge in [0.2, 0.25) is 5.91 Å². The van der Waals surface area contributed by atoms with Gasteiger partial charge < -0.3 is 10.5 Å². The van der Waals surface area contributed by atoms with Crippen LogP contribution in [0.5, 0.6) is 5.75 Å². The fourth-order valence-corrected chi connectivity index (χ4v) is 2.83. The van der Waals surface area contributed by atoms with Crippen LogP contribution in [-0.2, 0) is 12.0 Å². The summed E-state index contributed by atoms with van der Waals surface area (Å²) in [6.45, 7) is 1.34. The van der Waals surface area contributed by atoms with Crippen LogP contribution in [0.25, 0.3) is 11.0 Å². The lowest BCUT2D eigenvalue weighted by atomic mass is 9.81. The molecular formula is C18H14F3N5O2. The third-order valence-corrected chi connectivity index (χ3v) is 4.12. The zero-order valence-electron chi connectivity index (χ0n) is 14.6. The van der Waals surface area contributed by atoms with Gasteiger partial charge in [-0.2, -0.15) is 20.3 Å². The molecule has 1 unspecified atom stereocenters. The van der Waals surface area contributed by atoms with Gasteiger partial charge in [-0.3, -0.25) is 4.79 Å². The monoisotopic (exact) mass is 389 g/mol. The Morgan fingerprint density at radius 1 is 1.21 bits per heavy atom. The molecule has 0 aliphatic rings. The maximum atomic E-state index is 12.6. The van der Waals surface area contributed by atoms with Crippen molar-refractivity contribution >= 4 is 16.9 Å². The molecule has 0 saturated carbocycles. The fourth-order valence-electron chi connectivity index (χ4n) is 2.83. The van der Waals surface area contributed by atoms with E-state index < -0.39 is 23.4 Å². The second kappa shape index (κ2) is 6.84. The predicted molar refractivity (Wildman–Crippen MR) is 92.1 cm³/mol. The van der Waals surface area contributed by atoms with Crippen molar-refractivity contribution < 1.29 is 22.7 Å². The van der Waals surface area contributed by atoms with Crippen LogP contribution in [0.3, 0.4) is 0 Å². The molecule has 2 N–H and O–H groups in total. The minimum atomic E-state index is -4.92. The van der Waals surface area contributed by atoms with E-state index in [1.807, 2.05) is 6.07 Å². The van der Waals surface area contributed by atoms with Crippen molar-refractivity contribution in [1.29, 1.82) is 5.26 Å². The normalized spacial score (nSPS) is 13.7. The summed E-state index contributed by atoms with van der Waals surface area (Å²) in [7, 11) is 0. The molecule has 0 fully saturated rings. The summed E-state index contributed by atoms with van der Waals surface area (Å²) in [6, 6.07) is 12.1. The standard InChI is InChI=1S/C18H14F3N5O2/c1-17(9-22,10-26-24-14-4-2-3-5-15(14)25-26)13-8-11(28-18(19,20)21)6-7-12(13)16(23)27/h2-8H,10H2,1H3,(H2,23,27). The average Bonchev–Trinajstić information content (AvgIpc) is 3.01. The summed E-state index contributed by atoms with van der Waals surface area (Å²) in [4.78, 5) is 13.0. The van der Waals surface area contributed by atoms with E-state index in [-0.39, 0.29) is 17.7 Å². The molecule has 28 heavy (non-hydrogen) atoms. The summed E-state index contributed by atoms with van der Waals surface area (Å²) in [6.07, 6.45) is -4.92. The molecular weight excluding hydrogens is 375 g/mol. The minimum Gasteiger partial charge on any atom is -0.406 e. The number of nitrogens with two attached hydrogens (primary N) is 1. The van der Waals surface area contributed by atoms with Crippen LogP contribution in [0, 0.1) is 11.3 Å². The van der Waals surface area contributed by atoms with Crippen LogP contribution in [0.15, 0.2) is 42.5 Å². The van der Waals surface area contributed by atoms with Gasteiger partial charge in [0.1, 0.15) is 22.2 Å². The van der Waals surface area contributed by atoms with Gasteiger partial charge in [0.05, 0.1) is 12.6 Å². The number of hydrogen-bond acceptors (Lipinski definition) is 5. The highest BCUT2D eigenvalue weighted by atomic mass is 19.4. The van der Waals surface area contributed by atoms with Gasteiger partial charge in [0, 0.05) is 5.56 Å². The van der Waals surface area contributed by atoms with Gasteiger partial charge in [-0.15, -0.1) is 13.2 Å². The number of nitrogens with zero attached hydrogens (tertiary/aromatic N) is 4. The van der Waals surface area contributed by atoms with Crippen LogP contribution < -0.4 is 10.5 Å². The third kappa shape index (κ3) is 3.88. The predicted octanol–water partition coefficient (Wildman–Crippen LogP) is 2.91. The number of ether oxygens (including phenoxy) is 1. The number of carbonyl (C=O) groups excluding carboxylic acids is 1. The average molecular weight is 389 g/mol. The lowest BCUT2D eigenvalue weighted by Crippen LogP contribution is -2.31. The van der Waals surface area contributed by atoms with Crippen molar-refractivity contribution in [3.8, 4) is 11.8 Å². The number of alkyl halides is 3. The molecule has 3 aromatic rings. The van der Waals surface area contributed by atoms with Crippen LogP contribution >= 0.6 is 0 Å². The summed E-state index contributed by atoms with van der Waals surface area (Å²) >= 11 is 0. The number of rotatable bonds is 5. The quantitative estimate of drug-likeness (QED) is 0.722. The highest BCUT2D eigenvalue weighted by Gasteiger charge is 2.35. The van der Waals surface area contributed by atoms with Crippen molar-refractivity contribution in [2.24, 2.45) is 5.73 Å². The van der Waals surface area contributed by atoms with Gasteiger partial charge in [0.15, 0.2) is 0 Å². The first-order chi connectivity index (χ1) is 13.1. The number of fused-ring (bicyclic) bond motifs is 1. The Labute approximate surface area is 157 Å². The number of benzene rings is 2. The lowest BCUT2D eigenvalue weighted by Gasteiger charge is -2.24. The zero-order chi connectivity index (χ0) is 20.5. The van der Waals surface area contributed by atoms with E-state index >= 15 is 0 Å². The van der Waals surface area contributed by atoms with E-state index in [2.05, 4.69) is 14.9 Å². The molecule has 0 radical (unpaired) electrons. The first-order valence-electron chi connectivity index (χ1n) is 8.02. The SMILES string of the molecule is CC(C#N)(Cn1nc2ccccc2n1)c1cc(OC(F)(F)F)ccc1C(N)=O. The Kier molecular flexibility index (Phi) is 4.68. The van der Waals surface area contributed by atoms with Crippen molar-refractivity contribution in [1.82, 2.24) is 15.0 Å².